The van der Waals surface area contributed by atoms with Gasteiger partial charge in [-0.2, -0.15) is 0 Å². The number of halogens is 2. The summed E-state index contributed by atoms with van der Waals surface area (Å²) in [5.41, 5.74) is 0.110. The first-order chi connectivity index (χ1) is 8.88. The lowest BCUT2D eigenvalue weighted by Gasteiger charge is -2.22. The highest BCUT2D eigenvalue weighted by atomic mass is 35.5. The van der Waals surface area contributed by atoms with Crippen LogP contribution in [-0.4, -0.2) is 20.1 Å². The van der Waals surface area contributed by atoms with E-state index >= 15 is 0 Å². The van der Waals surface area contributed by atoms with Crippen LogP contribution >= 0.6 is 23.2 Å². The fourth-order valence-corrected chi connectivity index (χ4v) is 1.91. The molecule has 0 atom stereocenters. The first kappa shape index (κ1) is 14.0. The molecule has 0 fully saturated rings. The van der Waals surface area contributed by atoms with E-state index in [-0.39, 0.29) is 0 Å². The number of anilines is 2. The van der Waals surface area contributed by atoms with Crippen molar-refractivity contribution in [1.82, 2.24) is 15.0 Å². The van der Waals surface area contributed by atoms with Crippen molar-refractivity contribution >= 4 is 34.8 Å². The third kappa shape index (κ3) is 3.32. The third-order valence-electron chi connectivity index (χ3n) is 2.46. The van der Waals surface area contributed by atoms with Gasteiger partial charge in [-0.1, -0.05) is 23.2 Å². The maximum Gasteiger partial charge on any atom is 0.230 e. The van der Waals surface area contributed by atoms with Crippen molar-refractivity contribution in [3.63, 3.8) is 0 Å². The van der Waals surface area contributed by atoms with Crippen LogP contribution in [0.5, 0.6) is 0 Å². The Morgan fingerprint density at radius 3 is 2.26 bits per heavy atom. The number of benzene rings is 1. The average Bonchev–Trinajstić information content (AvgIpc) is 2.33. The van der Waals surface area contributed by atoms with Crippen LogP contribution in [0.3, 0.4) is 0 Å². The van der Waals surface area contributed by atoms with E-state index in [4.69, 9.17) is 23.2 Å². The zero-order chi connectivity index (χ0) is 14.0. The second-order valence-corrected chi connectivity index (χ2v) is 5.27. The number of aliphatic hydroxyl groups is 1. The lowest BCUT2D eigenvalue weighted by Crippen LogP contribution is -2.18. The largest absolute Gasteiger partial charge is 0.386 e. The normalized spacial score (nSPS) is 11.4. The Hall–Kier alpha value is -1.43. The second-order valence-electron chi connectivity index (χ2n) is 4.46. The number of nitrogens with one attached hydrogen (secondary N) is 1. The van der Waals surface area contributed by atoms with Gasteiger partial charge in [0.2, 0.25) is 5.95 Å². The second kappa shape index (κ2) is 5.28. The Balaban J connectivity index is 2.47. The van der Waals surface area contributed by atoms with Crippen molar-refractivity contribution in [2.24, 2.45) is 0 Å². The number of hydrogen-bond acceptors (Lipinski definition) is 5. The van der Waals surface area contributed by atoms with Crippen LogP contribution in [0.4, 0.5) is 11.6 Å². The predicted octanol–water partition coefficient (Wildman–Crippen LogP) is 3.15. The summed E-state index contributed by atoms with van der Waals surface area (Å²) >= 11 is 12.0. The van der Waals surface area contributed by atoms with Crippen LogP contribution in [-0.2, 0) is 5.60 Å². The van der Waals surface area contributed by atoms with Gasteiger partial charge in [-0.3, -0.25) is 0 Å². The van der Waals surface area contributed by atoms with Gasteiger partial charge in [0.15, 0.2) is 0 Å². The molecule has 0 unspecified atom stereocenters. The fourth-order valence-electron chi connectivity index (χ4n) is 1.58. The molecule has 0 radical (unpaired) electrons. The van der Waals surface area contributed by atoms with Gasteiger partial charge in [0.1, 0.15) is 12.7 Å². The SMILES string of the molecule is CC(C)(O)c1cc(Cl)c(Cl)cc1Nc1ncncn1. The Morgan fingerprint density at radius 1 is 1.11 bits per heavy atom. The lowest BCUT2D eigenvalue weighted by atomic mass is 9.96. The van der Waals surface area contributed by atoms with E-state index in [1.807, 2.05) is 0 Å². The van der Waals surface area contributed by atoms with Gasteiger partial charge in [0.05, 0.1) is 15.6 Å². The van der Waals surface area contributed by atoms with Crippen molar-refractivity contribution in [3.05, 3.63) is 40.4 Å². The molecule has 5 nitrogen and oxygen atoms in total. The monoisotopic (exact) mass is 298 g/mol. The minimum absolute atomic E-state index is 0.360. The molecule has 0 bridgehead atoms. The molecule has 19 heavy (non-hydrogen) atoms. The molecular formula is C12H12Cl2N4O. The molecule has 0 saturated heterocycles. The topological polar surface area (TPSA) is 70.9 Å². The van der Waals surface area contributed by atoms with Crippen molar-refractivity contribution < 1.29 is 5.11 Å². The fraction of sp³-hybridized carbons (Fsp3) is 0.250. The minimum Gasteiger partial charge on any atom is -0.386 e. The Kier molecular flexibility index (Phi) is 3.89. The molecule has 0 aliphatic heterocycles. The summed E-state index contributed by atoms with van der Waals surface area (Å²) in [6.45, 7) is 3.32. The Morgan fingerprint density at radius 2 is 1.68 bits per heavy atom. The van der Waals surface area contributed by atoms with Gasteiger partial charge in [0, 0.05) is 11.3 Å². The van der Waals surface area contributed by atoms with Gasteiger partial charge in [0.25, 0.3) is 0 Å². The molecule has 7 heteroatoms. The Bertz CT molecular complexity index is 584. The van der Waals surface area contributed by atoms with Gasteiger partial charge in [-0.15, -0.1) is 0 Å². The van der Waals surface area contributed by atoms with E-state index in [0.717, 1.165) is 0 Å². The summed E-state index contributed by atoms with van der Waals surface area (Å²) in [6.07, 6.45) is 2.74. The molecule has 100 valence electrons. The summed E-state index contributed by atoms with van der Waals surface area (Å²) in [6, 6.07) is 3.24. The van der Waals surface area contributed by atoms with Crippen molar-refractivity contribution in [2.45, 2.75) is 19.4 Å². The summed E-state index contributed by atoms with van der Waals surface area (Å²) < 4.78 is 0. The van der Waals surface area contributed by atoms with Crippen LogP contribution in [0, 0.1) is 0 Å². The first-order valence-electron chi connectivity index (χ1n) is 5.49. The molecule has 2 aromatic rings. The zero-order valence-corrected chi connectivity index (χ0v) is 11.9. The summed E-state index contributed by atoms with van der Waals surface area (Å²) in [5.74, 6) is 0.360. The zero-order valence-electron chi connectivity index (χ0n) is 10.4. The van der Waals surface area contributed by atoms with Gasteiger partial charge >= 0.3 is 0 Å². The number of aromatic nitrogens is 3. The van der Waals surface area contributed by atoms with Crippen LogP contribution < -0.4 is 5.32 Å². The molecule has 0 saturated carbocycles. The van der Waals surface area contributed by atoms with Crippen molar-refractivity contribution in [1.29, 1.82) is 0 Å². The smallest absolute Gasteiger partial charge is 0.230 e. The quantitative estimate of drug-likeness (QED) is 0.911. The van der Waals surface area contributed by atoms with E-state index in [1.54, 1.807) is 26.0 Å². The van der Waals surface area contributed by atoms with Crippen molar-refractivity contribution in [3.8, 4) is 0 Å². The van der Waals surface area contributed by atoms with Crippen LogP contribution in [0.15, 0.2) is 24.8 Å². The number of hydrogen-bond donors (Lipinski definition) is 2. The van der Waals surface area contributed by atoms with E-state index in [9.17, 15) is 5.11 Å². The highest BCUT2D eigenvalue weighted by Crippen LogP contribution is 2.35. The molecule has 1 aromatic heterocycles. The summed E-state index contributed by atoms with van der Waals surface area (Å²) in [4.78, 5) is 11.6. The molecule has 2 rings (SSSR count). The Labute approximate surface area is 120 Å². The molecule has 0 aliphatic carbocycles. The first-order valence-corrected chi connectivity index (χ1v) is 6.24. The number of nitrogens with zero attached hydrogens (tertiary/aromatic N) is 3. The molecule has 1 aromatic carbocycles. The predicted molar refractivity (Wildman–Crippen MR) is 74.8 cm³/mol. The summed E-state index contributed by atoms with van der Waals surface area (Å²) in [7, 11) is 0. The minimum atomic E-state index is -1.08. The van der Waals surface area contributed by atoms with Crippen LogP contribution in [0.1, 0.15) is 19.4 Å². The van der Waals surface area contributed by atoms with E-state index in [0.29, 0.717) is 27.2 Å². The van der Waals surface area contributed by atoms with Crippen LogP contribution in [0.25, 0.3) is 0 Å². The standard InChI is InChI=1S/C12H12Cl2N4O/c1-12(2,19)7-3-8(13)9(14)4-10(7)18-11-16-5-15-6-17-11/h3-6,19H,1-2H3,(H,15,16,17,18). The van der Waals surface area contributed by atoms with E-state index < -0.39 is 5.60 Å². The maximum absolute atomic E-state index is 10.2. The van der Waals surface area contributed by atoms with E-state index in [1.165, 1.54) is 12.7 Å². The molecule has 0 amide bonds. The molecule has 0 aliphatic rings. The lowest BCUT2D eigenvalue weighted by molar-refractivity contribution is 0.0794. The van der Waals surface area contributed by atoms with E-state index in [2.05, 4.69) is 20.3 Å². The highest BCUT2D eigenvalue weighted by molar-refractivity contribution is 6.42. The van der Waals surface area contributed by atoms with Gasteiger partial charge in [-0.25, -0.2) is 15.0 Å². The van der Waals surface area contributed by atoms with Crippen molar-refractivity contribution in [2.75, 3.05) is 5.32 Å². The number of rotatable bonds is 3. The molecule has 2 N–H and O–H groups in total. The van der Waals surface area contributed by atoms with Gasteiger partial charge in [-0.05, 0) is 26.0 Å². The third-order valence-corrected chi connectivity index (χ3v) is 3.18. The highest BCUT2D eigenvalue weighted by Gasteiger charge is 2.22. The van der Waals surface area contributed by atoms with Gasteiger partial charge < -0.3 is 10.4 Å². The molecular weight excluding hydrogens is 287 g/mol. The average molecular weight is 299 g/mol. The molecule has 0 spiro atoms. The maximum atomic E-state index is 10.2. The molecule has 1 heterocycles. The van der Waals surface area contributed by atoms with Crippen LogP contribution in [0.2, 0.25) is 10.0 Å². The summed E-state index contributed by atoms with van der Waals surface area (Å²) in [5, 5.41) is 13.9.